The number of hydrogen-bond donors (Lipinski definition) is 1. The van der Waals surface area contributed by atoms with E-state index in [-0.39, 0.29) is 5.60 Å². The van der Waals surface area contributed by atoms with Crippen molar-refractivity contribution in [2.45, 2.75) is 124 Å². The second kappa shape index (κ2) is 7.10. The van der Waals surface area contributed by atoms with E-state index in [1.165, 1.54) is 64.2 Å². The molecule has 0 unspecified atom stereocenters. The van der Waals surface area contributed by atoms with Gasteiger partial charge in [-0.05, 0) is 123 Å². The summed E-state index contributed by atoms with van der Waals surface area (Å²) in [7, 11) is 0. The van der Waals surface area contributed by atoms with Crippen LogP contribution in [0, 0.1) is 45.8 Å². The third kappa shape index (κ3) is 3.27. The van der Waals surface area contributed by atoms with Gasteiger partial charge in [-0.2, -0.15) is 0 Å². The maximum Gasteiger partial charge on any atom is 0.0650 e. The van der Waals surface area contributed by atoms with Gasteiger partial charge in [0.25, 0.3) is 0 Å². The molecule has 0 heterocycles. The average molecular weight is 413 g/mol. The van der Waals surface area contributed by atoms with Crippen LogP contribution >= 0.6 is 0 Å². The molecule has 0 radical (unpaired) electrons. The molecule has 5 rings (SSSR count). The number of fused-ring (bicyclic) bond motifs is 5. The van der Waals surface area contributed by atoms with Crippen molar-refractivity contribution in [1.29, 1.82) is 0 Å². The molecule has 1 N–H and O–H groups in total. The van der Waals surface area contributed by atoms with Crippen LogP contribution in [-0.4, -0.2) is 10.7 Å². The van der Waals surface area contributed by atoms with Crippen molar-refractivity contribution in [3.63, 3.8) is 0 Å². The summed E-state index contributed by atoms with van der Waals surface area (Å²) in [6.45, 7) is 12.8. The topological polar surface area (TPSA) is 20.2 Å². The minimum absolute atomic E-state index is 0.270. The summed E-state index contributed by atoms with van der Waals surface area (Å²) in [5.41, 5.74) is 3.25. The first kappa shape index (κ1) is 21.5. The number of rotatable bonds is 5. The zero-order valence-corrected chi connectivity index (χ0v) is 20.6. The van der Waals surface area contributed by atoms with E-state index in [9.17, 15) is 5.11 Å². The van der Waals surface area contributed by atoms with E-state index in [4.69, 9.17) is 0 Å². The van der Waals surface area contributed by atoms with E-state index in [0.29, 0.717) is 16.2 Å². The van der Waals surface area contributed by atoms with Gasteiger partial charge in [0.1, 0.15) is 0 Å². The molecule has 5 aliphatic carbocycles. The van der Waals surface area contributed by atoms with E-state index in [1.54, 1.807) is 0 Å². The molecule has 0 aromatic carbocycles. The highest BCUT2D eigenvalue weighted by Crippen LogP contribution is 2.68. The summed E-state index contributed by atoms with van der Waals surface area (Å²) in [6.07, 6.45) is 20.1. The molecule has 0 aromatic heterocycles. The normalized spacial score (nSPS) is 50.1. The SMILES string of the molecule is CC[C@]1(C)CC[C@]2(C)C3=CC[C@]4(C)[C@@H]([C@H](C)CCC5(O)CC5)CC[C@H]4[C@@H]3CC[C@H]2C1. The zero-order valence-electron chi connectivity index (χ0n) is 20.6. The Morgan fingerprint density at radius 2 is 1.80 bits per heavy atom. The molecule has 1 nitrogen and oxygen atoms in total. The first-order valence-corrected chi connectivity index (χ1v) is 13.6. The third-order valence-electron chi connectivity index (χ3n) is 11.9. The molecule has 0 aliphatic heterocycles. The maximum absolute atomic E-state index is 10.4. The predicted molar refractivity (Wildman–Crippen MR) is 126 cm³/mol. The van der Waals surface area contributed by atoms with Crippen LogP contribution in [0.15, 0.2) is 11.6 Å². The van der Waals surface area contributed by atoms with Crippen LogP contribution < -0.4 is 0 Å². The van der Waals surface area contributed by atoms with Crippen molar-refractivity contribution in [3.05, 3.63) is 11.6 Å². The van der Waals surface area contributed by atoms with Crippen LogP contribution in [-0.2, 0) is 0 Å². The molecule has 0 spiro atoms. The third-order valence-corrected chi connectivity index (χ3v) is 11.9. The maximum atomic E-state index is 10.4. The molecule has 5 aliphatic rings. The van der Waals surface area contributed by atoms with Crippen molar-refractivity contribution < 1.29 is 5.11 Å². The Hall–Kier alpha value is -0.300. The summed E-state index contributed by atoms with van der Waals surface area (Å²) in [5, 5.41) is 10.4. The highest BCUT2D eigenvalue weighted by Gasteiger charge is 2.58. The van der Waals surface area contributed by atoms with E-state index < -0.39 is 0 Å². The first-order valence-electron chi connectivity index (χ1n) is 13.6. The molecular formula is C29H48O. The van der Waals surface area contributed by atoms with Crippen molar-refractivity contribution in [1.82, 2.24) is 0 Å². The van der Waals surface area contributed by atoms with Crippen molar-refractivity contribution in [2.75, 3.05) is 0 Å². The lowest BCUT2D eigenvalue weighted by molar-refractivity contribution is -0.0142. The van der Waals surface area contributed by atoms with Crippen LogP contribution in [0.1, 0.15) is 118 Å². The van der Waals surface area contributed by atoms with Crippen molar-refractivity contribution in [3.8, 4) is 0 Å². The van der Waals surface area contributed by atoms with Crippen LogP contribution in [0.5, 0.6) is 0 Å². The van der Waals surface area contributed by atoms with E-state index >= 15 is 0 Å². The fraction of sp³-hybridized carbons (Fsp3) is 0.931. The molecule has 4 saturated carbocycles. The van der Waals surface area contributed by atoms with Gasteiger partial charge in [0.2, 0.25) is 0 Å². The first-order chi connectivity index (χ1) is 14.1. The summed E-state index contributed by atoms with van der Waals surface area (Å²) in [5.74, 6) is 4.36. The van der Waals surface area contributed by atoms with Gasteiger partial charge in [-0.1, -0.05) is 52.7 Å². The van der Waals surface area contributed by atoms with Gasteiger partial charge in [0.05, 0.1) is 5.60 Å². The van der Waals surface area contributed by atoms with Crippen molar-refractivity contribution >= 4 is 0 Å². The number of allylic oxidation sites excluding steroid dienone is 2. The Bertz CT molecular complexity index is 703. The van der Waals surface area contributed by atoms with Gasteiger partial charge in [-0.3, -0.25) is 0 Å². The van der Waals surface area contributed by atoms with Crippen LogP contribution in [0.4, 0.5) is 0 Å². The second-order valence-electron chi connectivity index (χ2n) is 13.6. The van der Waals surface area contributed by atoms with Crippen molar-refractivity contribution in [2.24, 2.45) is 45.8 Å². The lowest BCUT2D eigenvalue weighted by atomic mass is 9.46. The zero-order chi connectivity index (χ0) is 21.4. The Morgan fingerprint density at radius 3 is 2.50 bits per heavy atom. The lowest BCUT2D eigenvalue weighted by Gasteiger charge is -2.59. The Labute approximate surface area is 186 Å². The second-order valence-corrected chi connectivity index (χ2v) is 13.6. The molecule has 8 atom stereocenters. The lowest BCUT2D eigenvalue weighted by Crippen LogP contribution is -2.49. The average Bonchev–Trinajstić information content (AvgIpc) is 3.35. The molecule has 0 amide bonds. The highest BCUT2D eigenvalue weighted by molar-refractivity contribution is 5.29. The van der Waals surface area contributed by atoms with Crippen LogP contribution in [0.3, 0.4) is 0 Å². The van der Waals surface area contributed by atoms with E-state index in [0.717, 1.165) is 48.9 Å². The van der Waals surface area contributed by atoms with Crippen LogP contribution in [0.25, 0.3) is 0 Å². The van der Waals surface area contributed by atoms with Gasteiger partial charge in [-0.15, -0.1) is 0 Å². The molecule has 0 saturated heterocycles. The van der Waals surface area contributed by atoms with Gasteiger partial charge in [0.15, 0.2) is 0 Å². The van der Waals surface area contributed by atoms with Crippen LogP contribution in [0.2, 0.25) is 0 Å². The fourth-order valence-corrected chi connectivity index (χ4v) is 9.19. The monoisotopic (exact) mass is 412 g/mol. The summed E-state index contributed by atoms with van der Waals surface area (Å²) in [6, 6.07) is 0. The Morgan fingerprint density at radius 1 is 1.03 bits per heavy atom. The number of aliphatic hydroxyl groups is 1. The molecule has 0 aromatic rings. The molecule has 1 heteroatoms. The molecule has 30 heavy (non-hydrogen) atoms. The van der Waals surface area contributed by atoms with E-state index in [1.807, 2.05) is 5.57 Å². The Balaban J connectivity index is 1.35. The molecular weight excluding hydrogens is 364 g/mol. The van der Waals surface area contributed by atoms with Gasteiger partial charge in [-0.25, -0.2) is 0 Å². The van der Waals surface area contributed by atoms with E-state index in [2.05, 4.69) is 40.7 Å². The molecule has 4 fully saturated rings. The van der Waals surface area contributed by atoms with Gasteiger partial charge < -0.3 is 5.11 Å². The summed E-state index contributed by atoms with van der Waals surface area (Å²) < 4.78 is 0. The predicted octanol–water partition coefficient (Wildman–Crippen LogP) is 7.92. The fourth-order valence-electron chi connectivity index (χ4n) is 9.19. The highest BCUT2D eigenvalue weighted by atomic mass is 16.3. The standard InChI is InChI=1S/C29H48O/c1-6-26(3)15-16-27(4)21(19-26)7-8-22-24-10-9-23(28(24,5)13-12-25(22)27)20(2)11-14-29(30)17-18-29/h12,20-24,30H,6-11,13-19H2,1-5H3/t20-,21+,22+,23-,24+,26-,27+,28-/m1/s1. The van der Waals surface area contributed by atoms with Gasteiger partial charge >= 0.3 is 0 Å². The smallest absolute Gasteiger partial charge is 0.0650 e. The quantitative estimate of drug-likeness (QED) is 0.455. The Kier molecular flexibility index (Phi) is 5.10. The summed E-state index contributed by atoms with van der Waals surface area (Å²) in [4.78, 5) is 0. The van der Waals surface area contributed by atoms with Gasteiger partial charge in [0, 0.05) is 0 Å². The molecule has 0 bridgehead atoms. The molecule has 170 valence electrons. The minimum Gasteiger partial charge on any atom is -0.390 e. The summed E-state index contributed by atoms with van der Waals surface area (Å²) >= 11 is 0. The number of hydrogen-bond acceptors (Lipinski definition) is 1. The largest absolute Gasteiger partial charge is 0.390 e. The minimum atomic E-state index is -0.270.